The Kier molecular flexibility index (Phi) is 5.71. The number of sulfonamides is 1. The van der Waals surface area contributed by atoms with Gasteiger partial charge in [0, 0.05) is 37.4 Å². The van der Waals surface area contributed by atoms with Crippen LogP contribution in [0.3, 0.4) is 0 Å². The second-order valence-electron chi connectivity index (χ2n) is 7.32. The normalized spacial score (nSPS) is 20.8. The number of nitrogens with one attached hydrogen (secondary N) is 1. The molecule has 0 spiro atoms. The second kappa shape index (κ2) is 8.25. The summed E-state index contributed by atoms with van der Waals surface area (Å²) in [6, 6.07) is 10.5. The number of anilines is 2. The van der Waals surface area contributed by atoms with E-state index in [0.717, 1.165) is 12.1 Å². The Morgan fingerprint density at radius 1 is 1.14 bits per heavy atom. The zero-order valence-corrected chi connectivity index (χ0v) is 17.5. The Bertz CT molecular complexity index is 1000. The van der Waals surface area contributed by atoms with E-state index in [1.54, 1.807) is 34.5 Å². The van der Waals surface area contributed by atoms with Gasteiger partial charge < -0.3 is 10.2 Å². The van der Waals surface area contributed by atoms with Crippen LogP contribution in [0.1, 0.15) is 25.7 Å². The fourth-order valence-corrected chi connectivity index (χ4v) is 6.50. The van der Waals surface area contributed by atoms with Gasteiger partial charge in [0.25, 0.3) is 10.0 Å². The molecule has 3 heterocycles. The second-order valence-corrected chi connectivity index (χ2v) is 10.4. The number of hydrogen-bond donors (Lipinski definition) is 1. The Hall–Kier alpha value is -2.23. The molecule has 2 amide bonds. The first kappa shape index (κ1) is 20.1. The van der Waals surface area contributed by atoms with Crippen LogP contribution in [0.5, 0.6) is 0 Å². The fraction of sp³-hybridized carbons (Fsp3) is 0.400. The molecule has 1 aromatic heterocycles. The Labute approximate surface area is 174 Å². The molecule has 1 aromatic carbocycles. The van der Waals surface area contributed by atoms with Crippen molar-refractivity contribution in [2.24, 2.45) is 5.92 Å². The average molecular weight is 434 g/mol. The van der Waals surface area contributed by atoms with E-state index in [9.17, 15) is 18.0 Å². The Morgan fingerprint density at radius 3 is 2.72 bits per heavy atom. The maximum atomic E-state index is 12.8. The van der Waals surface area contributed by atoms with E-state index in [0.29, 0.717) is 42.2 Å². The first-order valence-corrected chi connectivity index (χ1v) is 12.0. The van der Waals surface area contributed by atoms with E-state index in [1.165, 1.54) is 15.6 Å². The molecule has 0 saturated carbocycles. The van der Waals surface area contributed by atoms with E-state index in [-0.39, 0.29) is 18.4 Å². The number of thiophene rings is 1. The summed E-state index contributed by atoms with van der Waals surface area (Å²) in [5, 5.41) is 4.64. The molecular formula is C20H23N3O4S2. The van der Waals surface area contributed by atoms with Crippen molar-refractivity contribution >= 4 is 44.5 Å². The topological polar surface area (TPSA) is 86.8 Å². The van der Waals surface area contributed by atoms with Crippen molar-refractivity contribution in [3.8, 4) is 0 Å². The third kappa shape index (κ3) is 4.22. The van der Waals surface area contributed by atoms with Crippen molar-refractivity contribution in [3.05, 3.63) is 41.8 Å². The van der Waals surface area contributed by atoms with E-state index in [2.05, 4.69) is 5.32 Å². The highest BCUT2D eigenvalue weighted by molar-refractivity contribution is 7.91. The van der Waals surface area contributed by atoms with Crippen LogP contribution in [-0.4, -0.2) is 44.2 Å². The van der Waals surface area contributed by atoms with E-state index in [4.69, 9.17) is 0 Å². The van der Waals surface area contributed by atoms with Gasteiger partial charge in [-0.15, -0.1) is 11.3 Å². The maximum Gasteiger partial charge on any atom is 0.252 e. The summed E-state index contributed by atoms with van der Waals surface area (Å²) in [7, 11) is -3.55. The molecule has 9 heteroatoms. The third-order valence-electron chi connectivity index (χ3n) is 5.34. The van der Waals surface area contributed by atoms with E-state index >= 15 is 0 Å². The number of hydrogen-bond acceptors (Lipinski definition) is 5. The summed E-state index contributed by atoms with van der Waals surface area (Å²) in [6.07, 6.45) is 2.68. The lowest BCUT2D eigenvalue weighted by atomic mass is 9.98. The summed E-state index contributed by atoms with van der Waals surface area (Å²) >= 11 is 1.19. The summed E-state index contributed by atoms with van der Waals surface area (Å²) in [5.41, 5.74) is 1.39. The first-order valence-electron chi connectivity index (χ1n) is 9.70. The molecule has 29 heavy (non-hydrogen) atoms. The quantitative estimate of drug-likeness (QED) is 0.786. The van der Waals surface area contributed by atoms with Crippen LogP contribution < -0.4 is 10.2 Å². The Morgan fingerprint density at radius 2 is 2.00 bits per heavy atom. The van der Waals surface area contributed by atoms with Gasteiger partial charge in [0.15, 0.2) is 0 Å². The van der Waals surface area contributed by atoms with Crippen LogP contribution in [0, 0.1) is 5.92 Å². The van der Waals surface area contributed by atoms with E-state index < -0.39 is 15.9 Å². The zero-order valence-electron chi connectivity index (χ0n) is 15.9. The van der Waals surface area contributed by atoms with Gasteiger partial charge in [-0.2, -0.15) is 4.31 Å². The molecule has 2 fully saturated rings. The molecule has 0 aliphatic carbocycles. The molecule has 154 valence electrons. The lowest BCUT2D eigenvalue weighted by Gasteiger charge is -2.30. The number of amides is 2. The zero-order chi connectivity index (χ0) is 20.4. The van der Waals surface area contributed by atoms with Gasteiger partial charge in [-0.05, 0) is 48.9 Å². The summed E-state index contributed by atoms with van der Waals surface area (Å²) < 4.78 is 27.2. The molecule has 1 N–H and O–H groups in total. The molecule has 0 radical (unpaired) electrons. The molecule has 2 saturated heterocycles. The lowest BCUT2D eigenvalue weighted by molar-refractivity contribution is -0.121. The fourth-order valence-electron chi connectivity index (χ4n) is 3.83. The van der Waals surface area contributed by atoms with Gasteiger partial charge in [0.2, 0.25) is 11.8 Å². The molecule has 2 aliphatic heterocycles. The average Bonchev–Trinajstić information content (AvgIpc) is 3.40. The van der Waals surface area contributed by atoms with Gasteiger partial charge in [0.05, 0.1) is 5.92 Å². The predicted octanol–water partition coefficient (Wildman–Crippen LogP) is 2.91. The van der Waals surface area contributed by atoms with Crippen molar-refractivity contribution in [2.45, 2.75) is 29.9 Å². The number of carbonyl (C=O) groups excluding carboxylic acids is 2. The van der Waals surface area contributed by atoms with Gasteiger partial charge in [-0.25, -0.2) is 8.42 Å². The highest BCUT2D eigenvalue weighted by Crippen LogP contribution is 2.28. The minimum atomic E-state index is -3.55. The number of carbonyl (C=O) groups is 2. The number of benzene rings is 1. The van der Waals surface area contributed by atoms with Gasteiger partial charge in [-0.1, -0.05) is 12.1 Å². The van der Waals surface area contributed by atoms with Crippen LogP contribution in [0.25, 0.3) is 0 Å². The summed E-state index contributed by atoms with van der Waals surface area (Å²) in [6.45, 7) is 1.29. The van der Waals surface area contributed by atoms with Crippen molar-refractivity contribution in [1.82, 2.24) is 4.31 Å². The first-order chi connectivity index (χ1) is 13.9. The van der Waals surface area contributed by atoms with Gasteiger partial charge >= 0.3 is 0 Å². The lowest BCUT2D eigenvalue weighted by Crippen LogP contribution is -2.43. The van der Waals surface area contributed by atoms with Gasteiger partial charge in [-0.3, -0.25) is 9.59 Å². The highest BCUT2D eigenvalue weighted by atomic mass is 32.2. The van der Waals surface area contributed by atoms with Crippen molar-refractivity contribution in [1.29, 1.82) is 0 Å². The molecule has 7 nitrogen and oxygen atoms in total. The maximum absolute atomic E-state index is 12.8. The monoisotopic (exact) mass is 433 g/mol. The van der Waals surface area contributed by atoms with Crippen molar-refractivity contribution < 1.29 is 18.0 Å². The van der Waals surface area contributed by atoms with Crippen molar-refractivity contribution in [2.75, 3.05) is 29.9 Å². The SMILES string of the molecule is O=C(Nc1cccc(N2CCCC2=O)c1)C1CCCN(S(=O)(=O)c2cccs2)C1. The summed E-state index contributed by atoms with van der Waals surface area (Å²) in [5.74, 6) is -0.508. The number of nitrogens with zero attached hydrogens (tertiary/aromatic N) is 2. The molecule has 1 unspecified atom stereocenters. The van der Waals surface area contributed by atoms with Crippen molar-refractivity contribution in [3.63, 3.8) is 0 Å². The van der Waals surface area contributed by atoms with Crippen LogP contribution in [0.15, 0.2) is 46.0 Å². The third-order valence-corrected chi connectivity index (χ3v) is 8.58. The smallest absolute Gasteiger partial charge is 0.252 e. The highest BCUT2D eigenvalue weighted by Gasteiger charge is 2.34. The van der Waals surface area contributed by atoms with E-state index in [1.807, 2.05) is 12.1 Å². The largest absolute Gasteiger partial charge is 0.326 e. The number of rotatable bonds is 5. The molecule has 1 atom stereocenters. The summed E-state index contributed by atoms with van der Waals surface area (Å²) in [4.78, 5) is 26.5. The molecule has 2 aromatic rings. The Balaban J connectivity index is 1.44. The molecule has 0 bridgehead atoms. The molecule has 2 aliphatic rings. The minimum absolute atomic E-state index is 0.0928. The van der Waals surface area contributed by atoms with Gasteiger partial charge in [0.1, 0.15) is 4.21 Å². The molecular weight excluding hydrogens is 410 g/mol. The van der Waals surface area contributed by atoms with Crippen LogP contribution in [0.4, 0.5) is 11.4 Å². The van der Waals surface area contributed by atoms with Crippen LogP contribution in [-0.2, 0) is 19.6 Å². The van der Waals surface area contributed by atoms with Crippen LogP contribution >= 0.6 is 11.3 Å². The predicted molar refractivity (Wildman–Crippen MR) is 112 cm³/mol. The standard InChI is InChI=1S/C20H23N3O4S2/c24-18-8-3-11-23(18)17-7-1-6-16(13-17)21-20(25)15-5-2-10-22(14-15)29(26,27)19-9-4-12-28-19/h1,4,6-7,9,12-13,15H,2-3,5,8,10-11,14H2,(H,21,25). The van der Waals surface area contributed by atoms with Crippen LogP contribution in [0.2, 0.25) is 0 Å². The molecule has 4 rings (SSSR count). The number of piperidine rings is 1. The minimum Gasteiger partial charge on any atom is -0.326 e.